The highest BCUT2D eigenvalue weighted by atomic mass is 16.5. The third-order valence-electron chi connectivity index (χ3n) is 2.11. The lowest BCUT2D eigenvalue weighted by atomic mass is 10.3. The summed E-state index contributed by atoms with van der Waals surface area (Å²) in [5.41, 5.74) is 0. The predicted molar refractivity (Wildman–Crippen MR) is 36.8 cm³/mol. The number of carbonyl (C=O) groups excluding carboxylic acids is 1. The highest BCUT2D eigenvalue weighted by Gasteiger charge is 2.30. The molecule has 10 heavy (non-hydrogen) atoms. The summed E-state index contributed by atoms with van der Waals surface area (Å²) in [6.07, 6.45) is 5.61. The molecular weight excluding hydrogens is 128 g/mol. The van der Waals surface area contributed by atoms with Crippen LogP contribution in [0.3, 0.4) is 0 Å². The lowest BCUT2D eigenvalue weighted by Gasteiger charge is -2.07. The predicted octanol–water partition coefficient (Wildman–Crippen LogP) is 1.29. The van der Waals surface area contributed by atoms with Crippen LogP contribution in [-0.2, 0) is 9.53 Å². The molecule has 2 rings (SSSR count). The largest absolute Gasteiger partial charge is 0.375 e. The lowest BCUT2D eigenvalue weighted by Crippen LogP contribution is -2.09. The number of hydrogen-bond acceptors (Lipinski definition) is 2. The van der Waals surface area contributed by atoms with Crippen LogP contribution in [0.2, 0.25) is 0 Å². The van der Waals surface area contributed by atoms with Gasteiger partial charge >= 0.3 is 0 Å². The zero-order valence-corrected chi connectivity index (χ0v) is 6.01. The van der Waals surface area contributed by atoms with Crippen LogP contribution < -0.4 is 0 Å². The van der Waals surface area contributed by atoms with Crippen molar-refractivity contribution in [2.24, 2.45) is 0 Å². The Labute approximate surface area is 60.6 Å². The molecule has 1 atom stereocenters. The summed E-state index contributed by atoms with van der Waals surface area (Å²) in [4.78, 5) is 10.8. The minimum Gasteiger partial charge on any atom is -0.375 e. The Kier molecular flexibility index (Phi) is 1.49. The molecule has 2 saturated carbocycles. The fraction of sp³-hybridized carbons (Fsp3) is 0.875. The first-order valence-corrected chi connectivity index (χ1v) is 4.02. The van der Waals surface area contributed by atoms with E-state index in [4.69, 9.17) is 4.74 Å². The Morgan fingerprint density at radius 1 is 1.20 bits per heavy atom. The molecule has 0 spiro atoms. The summed E-state index contributed by atoms with van der Waals surface area (Å²) in [6, 6.07) is 0. The van der Waals surface area contributed by atoms with Crippen molar-refractivity contribution in [3.63, 3.8) is 0 Å². The Bertz CT molecular complexity index is 149. The Morgan fingerprint density at radius 3 is 2.50 bits per heavy atom. The molecule has 56 valence electrons. The molecule has 0 aromatic heterocycles. The van der Waals surface area contributed by atoms with Crippen LogP contribution in [0.5, 0.6) is 0 Å². The van der Waals surface area contributed by atoms with Gasteiger partial charge in [0, 0.05) is 12.8 Å². The summed E-state index contributed by atoms with van der Waals surface area (Å²) in [7, 11) is 0. The molecule has 2 aliphatic carbocycles. The molecule has 2 nitrogen and oxygen atoms in total. The summed E-state index contributed by atoms with van der Waals surface area (Å²) < 4.78 is 5.57. The van der Waals surface area contributed by atoms with Crippen molar-refractivity contribution >= 4 is 5.78 Å². The van der Waals surface area contributed by atoms with Crippen LogP contribution in [0.25, 0.3) is 0 Å². The van der Waals surface area contributed by atoms with Gasteiger partial charge in [0.1, 0.15) is 5.78 Å². The van der Waals surface area contributed by atoms with E-state index in [1.165, 1.54) is 12.8 Å². The third-order valence-corrected chi connectivity index (χ3v) is 2.11. The molecule has 2 heteroatoms. The maximum atomic E-state index is 10.8. The van der Waals surface area contributed by atoms with Crippen molar-refractivity contribution in [1.82, 2.24) is 0 Å². The number of Topliss-reactive ketones (excluding diaryl/α,β-unsaturated/α-hetero) is 1. The van der Waals surface area contributed by atoms with Gasteiger partial charge in [0.25, 0.3) is 0 Å². The van der Waals surface area contributed by atoms with Gasteiger partial charge in [-0.1, -0.05) is 0 Å². The summed E-state index contributed by atoms with van der Waals surface area (Å²) in [5.74, 6) is 0.380. The van der Waals surface area contributed by atoms with Crippen LogP contribution in [0.1, 0.15) is 32.1 Å². The number of rotatable bonds is 2. The minimum absolute atomic E-state index is 0.278. The third kappa shape index (κ3) is 1.37. The minimum atomic E-state index is 0.278. The van der Waals surface area contributed by atoms with E-state index >= 15 is 0 Å². The number of carbonyl (C=O) groups is 1. The van der Waals surface area contributed by atoms with Gasteiger partial charge < -0.3 is 4.74 Å². The van der Waals surface area contributed by atoms with Crippen molar-refractivity contribution in [3.8, 4) is 0 Å². The Hall–Kier alpha value is -0.370. The van der Waals surface area contributed by atoms with Crippen LogP contribution in [0, 0.1) is 0 Å². The van der Waals surface area contributed by atoms with E-state index < -0.39 is 0 Å². The molecule has 0 radical (unpaired) electrons. The standard InChI is InChI=1S/C8H12O2/c9-6-1-2-8(5-6)10-7-3-4-7/h7-8H,1-5H2. The van der Waals surface area contributed by atoms with Gasteiger partial charge in [-0.05, 0) is 19.3 Å². The molecule has 0 N–H and O–H groups in total. The fourth-order valence-corrected chi connectivity index (χ4v) is 1.37. The van der Waals surface area contributed by atoms with Crippen molar-refractivity contribution in [1.29, 1.82) is 0 Å². The van der Waals surface area contributed by atoms with E-state index in [1.54, 1.807) is 0 Å². The molecule has 2 fully saturated rings. The first kappa shape index (κ1) is 6.35. The van der Waals surface area contributed by atoms with Gasteiger partial charge in [-0.25, -0.2) is 0 Å². The molecule has 2 aliphatic rings. The topological polar surface area (TPSA) is 26.3 Å². The summed E-state index contributed by atoms with van der Waals surface area (Å²) in [5, 5.41) is 0. The molecule has 0 saturated heterocycles. The van der Waals surface area contributed by atoms with E-state index in [0.29, 0.717) is 18.3 Å². The molecule has 1 unspecified atom stereocenters. The number of ketones is 1. The fourth-order valence-electron chi connectivity index (χ4n) is 1.37. The van der Waals surface area contributed by atoms with Crippen LogP contribution in [0.4, 0.5) is 0 Å². The van der Waals surface area contributed by atoms with Gasteiger partial charge in [0.2, 0.25) is 0 Å². The highest BCUT2D eigenvalue weighted by Crippen LogP contribution is 2.29. The smallest absolute Gasteiger partial charge is 0.135 e. The second-order valence-electron chi connectivity index (χ2n) is 3.24. The molecule has 0 aliphatic heterocycles. The first-order chi connectivity index (χ1) is 4.84. The number of ether oxygens (including phenoxy) is 1. The average molecular weight is 140 g/mol. The van der Waals surface area contributed by atoms with Gasteiger partial charge in [-0.15, -0.1) is 0 Å². The van der Waals surface area contributed by atoms with Crippen LogP contribution in [-0.4, -0.2) is 18.0 Å². The summed E-state index contributed by atoms with van der Waals surface area (Å²) >= 11 is 0. The van der Waals surface area contributed by atoms with Crippen molar-refractivity contribution in [3.05, 3.63) is 0 Å². The average Bonchev–Trinajstić information content (AvgIpc) is 2.59. The molecule has 0 aromatic carbocycles. The second-order valence-corrected chi connectivity index (χ2v) is 3.24. The maximum absolute atomic E-state index is 10.8. The summed E-state index contributed by atoms with van der Waals surface area (Å²) in [6.45, 7) is 0. The SMILES string of the molecule is O=C1CCC(OC2CC2)C1. The number of hydrogen-bond donors (Lipinski definition) is 0. The van der Waals surface area contributed by atoms with Gasteiger partial charge in [-0.3, -0.25) is 4.79 Å². The Morgan fingerprint density at radius 2 is 2.00 bits per heavy atom. The Balaban J connectivity index is 1.77. The van der Waals surface area contributed by atoms with E-state index in [9.17, 15) is 4.79 Å². The van der Waals surface area contributed by atoms with Gasteiger partial charge in [0.15, 0.2) is 0 Å². The van der Waals surface area contributed by atoms with Crippen LogP contribution >= 0.6 is 0 Å². The maximum Gasteiger partial charge on any atom is 0.135 e. The second kappa shape index (κ2) is 2.35. The molecule has 0 bridgehead atoms. The molecule has 0 amide bonds. The van der Waals surface area contributed by atoms with Crippen LogP contribution in [0.15, 0.2) is 0 Å². The monoisotopic (exact) mass is 140 g/mol. The van der Waals surface area contributed by atoms with E-state index in [-0.39, 0.29) is 6.10 Å². The molecule has 0 aromatic rings. The van der Waals surface area contributed by atoms with Crippen molar-refractivity contribution < 1.29 is 9.53 Å². The van der Waals surface area contributed by atoms with E-state index in [0.717, 1.165) is 12.8 Å². The zero-order valence-electron chi connectivity index (χ0n) is 6.01. The van der Waals surface area contributed by atoms with E-state index in [2.05, 4.69) is 0 Å². The zero-order chi connectivity index (χ0) is 6.97. The van der Waals surface area contributed by atoms with Gasteiger partial charge in [0.05, 0.1) is 12.2 Å². The van der Waals surface area contributed by atoms with Crippen molar-refractivity contribution in [2.75, 3.05) is 0 Å². The lowest BCUT2D eigenvalue weighted by molar-refractivity contribution is -0.118. The normalized spacial score (nSPS) is 33.2. The molecular formula is C8H12O2. The van der Waals surface area contributed by atoms with Gasteiger partial charge in [-0.2, -0.15) is 0 Å². The first-order valence-electron chi connectivity index (χ1n) is 4.02. The quantitative estimate of drug-likeness (QED) is 0.577. The highest BCUT2D eigenvalue weighted by molar-refractivity contribution is 5.81. The van der Waals surface area contributed by atoms with Crippen molar-refractivity contribution in [2.45, 2.75) is 44.3 Å². The molecule has 0 heterocycles. The van der Waals surface area contributed by atoms with E-state index in [1.807, 2.05) is 0 Å².